The molecule has 3 heterocycles. The average Bonchev–Trinajstić information content (AvgIpc) is 3.58. The number of nitrogens with zero attached hydrogens (tertiary/aromatic N) is 4. The van der Waals surface area contributed by atoms with Crippen molar-refractivity contribution in [1.29, 1.82) is 0 Å². The standard InChI is InChI=1S/C33H27FN4O3S2/c1-4-41-32(40)28-20(2)35-33-38(30(28)22-12-16-26(42-3)17-13-22)31(39)27(43-33)18-23-19-37(25-8-6-5-7-9-25)36-29(23)21-10-14-24(34)15-11-21/h5-19,30H,4H2,1-3H3. The lowest BCUT2D eigenvalue weighted by Crippen LogP contribution is -2.39. The number of allylic oxidation sites excluding steroid dienone is 1. The number of halogens is 1. The van der Waals surface area contributed by atoms with E-state index in [0.29, 0.717) is 37.4 Å². The number of fused-ring (bicyclic) bond motifs is 1. The number of thiazole rings is 1. The van der Waals surface area contributed by atoms with E-state index in [-0.39, 0.29) is 18.0 Å². The van der Waals surface area contributed by atoms with Crippen LogP contribution in [0.4, 0.5) is 4.39 Å². The van der Waals surface area contributed by atoms with E-state index in [4.69, 9.17) is 9.84 Å². The van der Waals surface area contributed by atoms with Gasteiger partial charge in [-0.15, -0.1) is 11.8 Å². The van der Waals surface area contributed by atoms with E-state index in [1.165, 1.54) is 23.5 Å². The molecule has 6 rings (SSSR count). The van der Waals surface area contributed by atoms with Gasteiger partial charge in [0.05, 0.1) is 34.1 Å². The lowest BCUT2D eigenvalue weighted by Gasteiger charge is -2.24. The number of carbonyl (C=O) groups is 1. The Morgan fingerprint density at radius 1 is 1.07 bits per heavy atom. The van der Waals surface area contributed by atoms with Crippen molar-refractivity contribution in [1.82, 2.24) is 14.3 Å². The predicted octanol–water partition coefficient (Wildman–Crippen LogP) is 5.51. The molecule has 0 saturated heterocycles. The normalized spacial score (nSPS) is 14.9. The van der Waals surface area contributed by atoms with Gasteiger partial charge >= 0.3 is 5.97 Å². The first-order chi connectivity index (χ1) is 20.9. The largest absolute Gasteiger partial charge is 0.463 e. The van der Waals surface area contributed by atoms with Crippen molar-refractivity contribution in [3.05, 3.63) is 133 Å². The highest BCUT2D eigenvalue weighted by molar-refractivity contribution is 7.98. The quantitative estimate of drug-likeness (QED) is 0.179. The first-order valence-electron chi connectivity index (χ1n) is 13.6. The Bertz CT molecular complexity index is 2030. The summed E-state index contributed by atoms with van der Waals surface area (Å²) in [5.74, 6) is -0.848. The number of para-hydroxylation sites is 1. The maximum atomic E-state index is 14.2. The molecule has 0 bridgehead atoms. The van der Waals surface area contributed by atoms with Crippen LogP contribution in [0, 0.1) is 5.82 Å². The van der Waals surface area contributed by atoms with E-state index in [1.54, 1.807) is 53.1 Å². The Balaban J connectivity index is 1.55. The molecular weight excluding hydrogens is 584 g/mol. The molecule has 0 saturated carbocycles. The van der Waals surface area contributed by atoms with Crippen LogP contribution in [-0.2, 0) is 9.53 Å². The molecule has 1 atom stereocenters. The van der Waals surface area contributed by atoms with Crippen molar-refractivity contribution in [2.45, 2.75) is 24.8 Å². The number of esters is 1. The molecule has 0 N–H and O–H groups in total. The third-order valence-electron chi connectivity index (χ3n) is 7.12. The number of thioether (sulfide) groups is 1. The van der Waals surface area contributed by atoms with E-state index in [0.717, 1.165) is 16.1 Å². The van der Waals surface area contributed by atoms with Crippen LogP contribution >= 0.6 is 23.1 Å². The third-order valence-corrected chi connectivity index (χ3v) is 8.84. The molecule has 1 aliphatic heterocycles. The van der Waals surface area contributed by atoms with Crippen molar-refractivity contribution >= 4 is 35.1 Å². The highest BCUT2D eigenvalue weighted by Crippen LogP contribution is 2.32. The summed E-state index contributed by atoms with van der Waals surface area (Å²) >= 11 is 2.86. The minimum atomic E-state index is -0.697. The zero-order chi connectivity index (χ0) is 30.1. The van der Waals surface area contributed by atoms with Gasteiger partial charge in [0.2, 0.25) is 0 Å². The second kappa shape index (κ2) is 12.0. The van der Waals surface area contributed by atoms with Crippen molar-refractivity contribution in [3.8, 4) is 16.9 Å². The van der Waals surface area contributed by atoms with Gasteiger partial charge in [-0.25, -0.2) is 18.9 Å². The molecule has 3 aromatic carbocycles. The fraction of sp³-hybridized carbons (Fsp3) is 0.152. The minimum Gasteiger partial charge on any atom is -0.463 e. The second-order valence-electron chi connectivity index (χ2n) is 9.80. The van der Waals surface area contributed by atoms with Gasteiger partial charge < -0.3 is 4.74 Å². The third kappa shape index (κ3) is 5.51. The molecule has 216 valence electrons. The van der Waals surface area contributed by atoms with Crippen LogP contribution in [-0.4, -0.2) is 33.2 Å². The summed E-state index contributed by atoms with van der Waals surface area (Å²) in [6, 6.07) is 22.8. The average molecular weight is 611 g/mol. The number of carbonyl (C=O) groups excluding carboxylic acids is 1. The van der Waals surface area contributed by atoms with Crippen molar-refractivity contribution < 1.29 is 13.9 Å². The Morgan fingerprint density at radius 3 is 2.47 bits per heavy atom. The molecular formula is C33H27FN4O3S2. The molecule has 2 aromatic heterocycles. The number of hydrogen-bond acceptors (Lipinski definition) is 7. The molecule has 0 spiro atoms. The van der Waals surface area contributed by atoms with Crippen LogP contribution in [0.2, 0.25) is 0 Å². The number of ether oxygens (including phenoxy) is 1. The summed E-state index contributed by atoms with van der Waals surface area (Å²) < 4.78 is 22.9. The van der Waals surface area contributed by atoms with Crippen LogP contribution in [0.3, 0.4) is 0 Å². The van der Waals surface area contributed by atoms with Gasteiger partial charge in [0.15, 0.2) is 4.80 Å². The molecule has 10 heteroatoms. The van der Waals surface area contributed by atoms with Crippen LogP contribution in [0.5, 0.6) is 0 Å². The fourth-order valence-corrected chi connectivity index (χ4v) is 6.52. The smallest absolute Gasteiger partial charge is 0.338 e. The van der Waals surface area contributed by atoms with Gasteiger partial charge in [0.25, 0.3) is 5.56 Å². The zero-order valence-electron chi connectivity index (χ0n) is 23.7. The van der Waals surface area contributed by atoms with E-state index < -0.39 is 12.0 Å². The number of aromatic nitrogens is 3. The van der Waals surface area contributed by atoms with Gasteiger partial charge in [-0.3, -0.25) is 9.36 Å². The fourth-order valence-electron chi connectivity index (χ4n) is 5.07. The highest BCUT2D eigenvalue weighted by Gasteiger charge is 2.33. The molecule has 1 aliphatic rings. The summed E-state index contributed by atoms with van der Waals surface area (Å²) in [5.41, 5.74) is 4.18. The summed E-state index contributed by atoms with van der Waals surface area (Å²) in [5, 5.41) is 4.80. The van der Waals surface area contributed by atoms with Crippen LogP contribution in [0.15, 0.2) is 111 Å². The summed E-state index contributed by atoms with van der Waals surface area (Å²) in [4.78, 5) is 33.6. The summed E-state index contributed by atoms with van der Waals surface area (Å²) in [6.45, 7) is 3.72. The molecule has 0 aliphatic carbocycles. The van der Waals surface area contributed by atoms with E-state index in [2.05, 4.69) is 4.99 Å². The summed E-state index contributed by atoms with van der Waals surface area (Å²) in [7, 11) is 0. The zero-order valence-corrected chi connectivity index (χ0v) is 25.3. The lowest BCUT2D eigenvalue weighted by molar-refractivity contribution is -0.139. The maximum absolute atomic E-state index is 14.2. The SMILES string of the molecule is CCOC(=O)C1=C(C)N=c2sc(=Cc3cn(-c4ccccc4)nc3-c3ccc(F)cc3)c(=O)n2C1c1ccc(SC)cc1. The Morgan fingerprint density at radius 2 is 1.79 bits per heavy atom. The number of hydrogen-bond donors (Lipinski definition) is 0. The summed E-state index contributed by atoms with van der Waals surface area (Å²) in [6.07, 6.45) is 5.62. The molecule has 0 fully saturated rings. The van der Waals surface area contributed by atoms with Gasteiger partial charge in [0, 0.05) is 22.2 Å². The number of rotatable bonds is 7. The predicted molar refractivity (Wildman–Crippen MR) is 168 cm³/mol. The molecule has 43 heavy (non-hydrogen) atoms. The van der Waals surface area contributed by atoms with Crippen molar-refractivity contribution in [3.63, 3.8) is 0 Å². The highest BCUT2D eigenvalue weighted by atomic mass is 32.2. The Kier molecular flexibility index (Phi) is 7.96. The molecule has 0 amide bonds. The minimum absolute atomic E-state index is 0.204. The van der Waals surface area contributed by atoms with Gasteiger partial charge in [-0.05, 0) is 80.3 Å². The van der Waals surface area contributed by atoms with Gasteiger partial charge in [-0.2, -0.15) is 5.10 Å². The van der Waals surface area contributed by atoms with Gasteiger partial charge in [-0.1, -0.05) is 41.7 Å². The van der Waals surface area contributed by atoms with E-state index >= 15 is 0 Å². The van der Waals surface area contributed by atoms with Crippen LogP contribution in [0.1, 0.15) is 31.0 Å². The molecule has 1 unspecified atom stereocenters. The van der Waals surface area contributed by atoms with Crippen LogP contribution in [0.25, 0.3) is 23.0 Å². The second-order valence-corrected chi connectivity index (χ2v) is 11.7. The monoisotopic (exact) mass is 610 g/mol. The molecule has 0 radical (unpaired) electrons. The van der Waals surface area contributed by atoms with Crippen molar-refractivity contribution in [2.24, 2.45) is 4.99 Å². The molecule has 7 nitrogen and oxygen atoms in total. The number of benzene rings is 3. The lowest BCUT2D eigenvalue weighted by atomic mass is 9.96. The first kappa shape index (κ1) is 28.6. The van der Waals surface area contributed by atoms with E-state index in [1.807, 2.05) is 67.0 Å². The maximum Gasteiger partial charge on any atom is 0.338 e. The Hall–Kier alpha value is -4.54. The van der Waals surface area contributed by atoms with Crippen LogP contribution < -0.4 is 14.9 Å². The van der Waals surface area contributed by atoms with E-state index in [9.17, 15) is 14.0 Å². The molecule has 5 aromatic rings. The Labute approximate surface area is 255 Å². The first-order valence-corrected chi connectivity index (χ1v) is 15.7. The van der Waals surface area contributed by atoms with Crippen molar-refractivity contribution in [2.75, 3.05) is 12.9 Å². The topological polar surface area (TPSA) is 78.5 Å². The van der Waals surface area contributed by atoms with Gasteiger partial charge in [0.1, 0.15) is 11.5 Å².